The lowest BCUT2D eigenvalue weighted by molar-refractivity contribution is 0.482. The minimum atomic E-state index is -3.04. The summed E-state index contributed by atoms with van der Waals surface area (Å²) in [5.41, 5.74) is 0. The fraction of sp³-hybridized carbons (Fsp3) is 1.00. The van der Waals surface area contributed by atoms with E-state index in [1.165, 1.54) is 6.26 Å². The van der Waals surface area contributed by atoms with Crippen molar-refractivity contribution < 1.29 is 8.42 Å². The second-order valence-electron chi connectivity index (χ2n) is 2.87. The monoisotopic (exact) mass is 213 g/mol. The molecule has 0 aromatic heterocycles. The zero-order chi connectivity index (χ0) is 9.61. The highest BCUT2D eigenvalue weighted by Crippen LogP contribution is 2.07. The predicted molar refractivity (Wildman–Crippen MR) is 52.0 cm³/mol. The molecule has 0 aliphatic carbocycles. The Kier molecular flexibility index (Phi) is 5.88. The van der Waals surface area contributed by atoms with Crippen LogP contribution >= 0.6 is 11.6 Å². The molecule has 1 unspecified atom stereocenters. The van der Waals surface area contributed by atoms with Gasteiger partial charge in [-0.2, -0.15) is 0 Å². The third-order valence-corrected chi connectivity index (χ3v) is 2.64. The van der Waals surface area contributed by atoms with Crippen molar-refractivity contribution in [3.63, 3.8) is 0 Å². The average Bonchev–Trinajstić information content (AvgIpc) is 1.96. The third-order valence-electron chi connectivity index (χ3n) is 1.73. The van der Waals surface area contributed by atoms with Crippen molar-refractivity contribution in [2.45, 2.75) is 19.8 Å². The standard InChI is InChI=1S/C7H16ClNO2S/c1-3-7(4-5-8)6-9-12(2,10)11/h7,9H,3-6H2,1-2H3. The first kappa shape index (κ1) is 12.2. The third kappa shape index (κ3) is 6.88. The molecular formula is C7H16ClNO2S. The summed E-state index contributed by atoms with van der Waals surface area (Å²) in [6.07, 6.45) is 2.98. The second-order valence-corrected chi connectivity index (χ2v) is 5.08. The van der Waals surface area contributed by atoms with Crippen LogP contribution in [0.1, 0.15) is 19.8 Å². The molecule has 0 fully saturated rings. The second kappa shape index (κ2) is 5.78. The van der Waals surface area contributed by atoms with Crippen LogP contribution in [0.15, 0.2) is 0 Å². The van der Waals surface area contributed by atoms with Gasteiger partial charge in [0.2, 0.25) is 10.0 Å². The minimum absolute atomic E-state index is 0.359. The SMILES string of the molecule is CCC(CCCl)CNS(C)(=O)=O. The topological polar surface area (TPSA) is 46.2 Å². The number of hydrogen-bond acceptors (Lipinski definition) is 2. The largest absolute Gasteiger partial charge is 0.215 e. The lowest BCUT2D eigenvalue weighted by atomic mass is 10.0. The van der Waals surface area contributed by atoms with E-state index in [0.717, 1.165) is 12.8 Å². The van der Waals surface area contributed by atoms with Crippen LogP contribution in [0.2, 0.25) is 0 Å². The molecule has 0 heterocycles. The Hall–Kier alpha value is 0.200. The number of halogens is 1. The van der Waals surface area contributed by atoms with Crippen LogP contribution in [0.4, 0.5) is 0 Å². The van der Waals surface area contributed by atoms with E-state index >= 15 is 0 Å². The van der Waals surface area contributed by atoms with E-state index in [4.69, 9.17) is 11.6 Å². The van der Waals surface area contributed by atoms with Gasteiger partial charge in [0.15, 0.2) is 0 Å². The smallest absolute Gasteiger partial charge is 0.208 e. The number of hydrogen-bond donors (Lipinski definition) is 1. The Labute approximate surface area is 79.5 Å². The number of alkyl halides is 1. The van der Waals surface area contributed by atoms with E-state index in [0.29, 0.717) is 18.3 Å². The quantitative estimate of drug-likeness (QED) is 0.674. The van der Waals surface area contributed by atoms with Gasteiger partial charge in [-0.25, -0.2) is 13.1 Å². The number of rotatable bonds is 6. The van der Waals surface area contributed by atoms with Gasteiger partial charge in [-0.15, -0.1) is 11.6 Å². The summed E-state index contributed by atoms with van der Waals surface area (Å²) in [5.74, 6) is 0.946. The normalized spacial score (nSPS) is 14.6. The summed E-state index contributed by atoms with van der Waals surface area (Å²) in [5, 5.41) is 0. The molecule has 0 saturated heterocycles. The lowest BCUT2D eigenvalue weighted by Gasteiger charge is -2.12. The molecule has 0 amide bonds. The molecule has 0 rings (SSSR count). The molecule has 1 N–H and O–H groups in total. The van der Waals surface area contributed by atoms with Gasteiger partial charge in [-0.1, -0.05) is 13.3 Å². The Morgan fingerprint density at radius 2 is 2.08 bits per heavy atom. The predicted octanol–water partition coefficient (Wildman–Crippen LogP) is 1.19. The minimum Gasteiger partial charge on any atom is -0.215 e. The molecule has 12 heavy (non-hydrogen) atoms. The Balaban J connectivity index is 3.73. The fourth-order valence-electron chi connectivity index (χ4n) is 0.874. The summed E-state index contributed by atoms with van der Waals surface area (Å²) < 4.78 is 23.9. The van der Waals surface area contributed by atoms with Gasteiger partial charge in [0.1, 0.15) is 0 Å². The molecule has 0 spiro atoms. The fourth-order valence-corrected chi connectivity index (χ4v) is 1.72. The Bertz CT molecular complexity index is 203. The molecule has 5 heteroatoms. The number of nitrogens with one attached hydrogen (secondary N) is 1. The van der Waals surface area contributed by atoms with Crippen LogP contribution < -0.4 is 4.72 Å². The van der Waals surface area contributed by atoms with Gasteiger partial charge < -0.3 is 0 Å². The van der Waals surface area contributed by atoms with Crippen LogP contribution in [-0.4, -0.2) is 27.1 Å². The summed E-state index contributed by atoms with van der Waals surface area (Å²) in [7, 11) is -3.04. The maximum Gasteiger partial charge on any atom is 0.208 e. The van der Waals surface area contributed by atoms with Crippen molar-refractivity contribution in [2.75, 3.05) is 18.7 Å². The maximum absolute atomic E-state index is 10.7. The van der Waals surface area contributed by atoms with Gasteiger partial charge >= 0.3 is 0 Å². The van der Waals surface area contributed by atoms with Crippen molar-refractivity contribution in [3.8, 4) is 0 Å². The average molecular weight is 214 g/mol. The molecule has 0 aromatic rings. The van der Waals surface area contributed by atoms with Crippen LogP contribution in [0.5, 0.6) is 0 Å². The zero-order valence-corrected chi connectivity index (χ0v) is 9.08. The molecule has 1 atom stereocenters. The number of sulfonamides is 1. The van der Waals surface area contributed by atoms with E-state index in [-0.39, 0.29) is 0 Å². The first-order valence-corrected chi connectivity index (χ1v) is 6.42. The summed E-state index contributed by atoms with van der Waals surface area (Å²) in [6.45, 7) is 2.53. The van der Waals surface area contributed by atoms with Crippen molar-refractivity contribution >= 4 is 21.6 Å². The molecule has 3 nitrogen and oxygen atoms in total. The van der Waals surface area contributed by atoms with Gasteiger partial charge in [-0.3, -0.25) is 0 Å². The van der Waals surface area contributed by atoms with Crippen molar-refractivity contribution in [1.82, 2.24) is 4.72 Å². The van der Waals surface area contributed by atoms with E-state index in [1.807, 2.05) is 6.92 Å². The molecule has 74 valence electrons. The Morgan fingerprint density at radius 1 is 1.50 bits per heavy atom. The van der Waals surface area contributed by atoms with Gasteiger partial charge in [0.05, 0.1) is 6.26 Å². The van der Waals surface area contributed by atoms with Crippen LogP contribution in [-0.2, 0) is 10.0 Å². The molecule has 0 aliphatic rings. The zero-order valence-electron chi connectivity index (χ0n) is 7.51. The van der Waals surface area contributed by atoms with E-state index in [1.54, 1.807) is 0 Å². The van der Waals surface area contributed by atoms with Crippen molar-refractivity contribution in [2.24, 2.45) is 5.92 Å². The lowest BCUT2D eigenvalue weighted by Crippen LogP contribution is -2.28. The molecular weight excluding hydrogens is 198 g/mol. The summed E-state index contributed by atoms with van der Waals surface area (Å²) >= 11 is 5.55. The van der Waals surface area contributed by atoms with Crippen LogP contribution in [0.25, 0.3) is 0 Å². The van der Waals surface area contributed by atoms with E-state index in [9.17, 15) is 8.42 Å². The van der Waals surface area contributed by atoms with Gasteiger partial charge in [0, 0.05) is 12.4 Å². The van der Waals surface area contributed by atoms with Gasteiger partial charge in [-0.05, 0) is 12.3 Å². The van der Waals surface area contributed by atoms with E-state index in [2.05, 4.69) is 4.72 Å². The summed E-state index contributed by atoms with van der Waals surface area (Å²) in [4.78, 5) is 0. The molecule has 0 bridgehead atoms. The van der Waals surface area contributed by atoms with E-state index < -0.39 is 10.0 Å². The van der Waals surface area contributed by atoms with Crippen molar-refractivity contribution in [1.29, 1.82) is 0 Å². The highest BCUT2D eigenvalue weighted by atomic mass is 35.5. The highest BCUT2D eigenvalue weighted by molar-refractivity contribution is 7.88. The molecule has 0 radical (unpaired) electrons. The molecule has 0 saturated carbocycles. The summed E-state index contributed by atoms with van der Waals surface area (Å²) in [6, 6.07) is 0. The van der Waals surface area contributed by atoms with Gasteiger partial charge in [0.25, 0.3) is 0 Å². The molecule has 0 aliphatic heterocycles. The maximum atomic E-state index is 10.7. The van der Waals surface area contributed by atoms with Crippen LogP contribution in [0.3, 0.4) is 0 Å². The van der Waals surface area contributed by atoms with Crippen LogP contribution in [0, 0.1) is 5.92 Å². The first-order chi connectivity index (χ1) is 5.49. The first-order valence-electron chi connectivity index (χ1n) is 4.00. The molecule has 0 aromatic carbocycles. The Morgan fingerprint density at radius 3 is 2.42 bits per heavy atom. The van der Waals surface area contributed by atoms with Crippen molar-refractivity contribution in [3.05, 3.63) is 0 Å². The highest BCUT2D eigenvalue weighted by Gasteiger charge is 2.08.